The molecule has 0 saturated carbocycles. The third-order valence-corrected chi connectivity index (χ3v) is 0.779. The van der Waals surface area contributed by atoms with E-state index in [9.17, 15) is 0 Å². The van der Waals surface area contributed by atoms with Crippen molar-refractivity contribution < 1.29 is 4.99 Å². The molecule has 9 heavy (non-hydrogen) atoms. The molecular weight excluding hydrogens is 114 g/mol. The Kier molecular flexibility index (Phi) is 2.49. The lowest BCUT2D eigenvalue weighted by Crippen LogP contribution is -2.76. The fourth-order valence-corrected chi connectivity index (χ4v) is 0.467. The second-order valence-corrected chi connectivity index (χ2v) is 3.04. The molecule has 4 N–H and O–H groups in total. The van der Waals surface area contributed by atoms with Crippen LogP contribution in [-0.2, 0) is 0 Å². The van der Waals surface area contributed by atoms with Crippen molar-refractivity contribution in [1.82, 2.24) is 5.32 Å². The molecule has 0 bridgehead atoms. The SMILES string of the molecule is C[NH+]=C(N)NC(C)(C)C. The van der Waals surface area contributed by atoms with Crippen LogP contribution in [0.5, 0.6) is 0 Å². The Balaban J connectivity index is 3.75. The highest BCUT2D eigenvalue weighted by molar-refractivity contribution is 5.72. The van der Waals surface area contributed by atoms with Crippen molar-refractivity contribution in [3.05, 3.63) is 0 Å². The van der Waals surface area contributed by atoms with E-state index < -0.39 is 0 Å². The summed E-state index contributed by atoms with van der Waals surface area (Å²) in [5.41, 5.74) is 5.50. The van der Waals surface area contributed by atoms with Gasteiger partial charge in [-0.2, -0.15) is 0 Å². The molecule has 0 aliphatic rings. The van der Waals surface area contributed by atoms with E-state index in [-0.39, 0.29) is 5.54 Å². The van der Waals surface area contributed by atoms with Crippen LogP contribution >= 0.6 is 0 Å². The molecule has 0 rings (SSSR count). The molecule has 0 aliphatic heterocycles. The molecule has 0 aliphatic carbocycles. The van der Waals surface area contributed by atoms with Crippen molar-refractivity contribution in [2.24, 2.45) is 5.73 Å². The molecule has 0 aromatic heterocycles. The van der Waals surface area contributed by atoms with Gasteiger partial charge in [-0.05, 0) is 20.8 Å². The van der Waals surface area contributed by atoms with Crippen molar-refractivity contribution in [3.8, 4) is 0 Å². The Morgan fingerprint density at radius 2 is 1.89 bits per heavy atom. The third-order valence-electron chi connectivity index (χ3n) is 0.779. The highest BCUT2D eigenvalue weighted by atomic mass is 15.1. The van der Waals surface area contributed by atoms with Crippen LogP contribution in [0.15, 0.2) is 0 Å². The molecule has 0 spiro atoms. The van der Waals surface area contributed by atoms with Gasteiger partial charge in [0.25, 0.3) is 0 Å². The molecule has 0 heterocycles. The molecule has 0 fully saturated rings. The van der Waals surface area contributed by atoms with E-state index >= 15 is 0 Å². The van der Waals surface area contributed by atoms with E-state index in [2.05, 4.69) is 31.1 Å². The van der Waals surface area contributed by atoms with Gasteiger partial charge in [0.1, 0.15) is 0 Å². The summed E-state index contributed by atoms with van der Waals surface area (Å²) in [6.45, 7) is 6.16. The van der Waals surface area contributed by atoms with Crippen LogP contribution in [0, 0.1) is 0 Å². The first-order valence-corrected chi connectivity index (χ1v) is 3.04. The molecular formula is C6H16N3+. The van der Waals surface area contributed by atoms with Crippen molar-refractivity contribution in [3.63, 3.8) is 0 Å². The fraction of sp³-hybridized carbons (Fsp3) is 0.833. The Morgan fingerprint density at radius 3 is 2.00 bits per heavy atom. The van der Waals surface area contributed by atoms with Crippen LogP contribution in [0.25, 0.3) is 0 Å². The molecule has 0 atom stereocenters. The zero-order valence-corrected chi connectivity index (χ0v) is 6.58. The maximum absolute atomic E-state index is 5.45. The topological polar surface area (TPSA) is 52.0 Å². The van der Waals surface area contributed by atoms with Crippen LogP contribution < -0.4 is 16.0 Å². The van der Waals surface area contributed by atoms with E-state index in [0.29, 0.717) is 5.96 Å². The maximum atomic E-state index is 5.45. The van der Waals surface area contributed by atoms with Crippen molar-refractivity contribution >= 4 is 5.96 Å². The number of nitrogens with one attached hydrogen (secondary N) is 2. The first-order valence-electron chi connectivity index (χ1n) is 3.04. The quantitative estimate of drug-likeness (QED) is 0.273. The summed E-state index contributed by atoms with van der Waals surface area (Å²) in [4.78, 5) is 2.80. The van der Waals surface area contributed by atoms with Gasteiger partial charge in [-0.15, -0.1) is 0 Å². The predicted molar refractivity (Wildman–Crippen MR) is 39.0 cm³/mol. The molecule has 54 valence electrons. The largest absolute Gasteiger partial charge is 0.341 e. The van der Waals surface area contributed by atoms with Crippen molar-refractivity contribution in [1.29, 1.82) is 0 Å². The smallest absolute Gasteiger partial charge is 0.291 e. The summed E-state index contributed by atoms with van der Waals surface area (Å²) in [7, 11) is 1.79. The molecule has 0 amide bonds. The number of guanidine groups is 1. The summed E-state index contributed by atoms with van der Waals surface area (Å²) < 4.78 is 0. The lowest BCUT2D eigenvalue weighted by molar-refractivity contribution is -0.424. The Labute approximate surface area is 56.3 Å². The van der Waals surface area contributed by atoms with Crippen molar-refractivity contribution in [2.75, 3.05) is 7.05 Å². The number of rotatable bonds is 0. The Morgan fingerprint density at radius 1 is 1.44 bits per heavy atom. The second kappa shape index (κ2) is 2.71. The van der Waals surface area contributed by atoms with Crippen LogP contribution in [-0.4, -0.2) is 18.5 Å². The molecule has 0 aromatic rings. The Hall–Kier alpha value is -0.730. The highest BCUT2D eigenvalue weighted by Gasteiger charge is 2.13. The monoisotopic (exact) mass is 130 g/mol. The Bertz CT molecular complexity index is 110. The van der Waals surface area contributed by atoms with Gasteiger partial charge in [0.2, 0.25) is 0 Å². The van der Waals surface area contributed by atoms with E-state index in [1.165, 1.54) is 0 Å². The van der Waals surface area contributed by atoms with Gasteiger partial charge in [-0.3, -0.25) is 16.0 Å². The van der Waals surface area contributed by atoms with Gasteiger partial charge in [0.05, 0.1) is 12.6 Å². The number of nitrogens with two attached hydrogens (primary N) is 1. The molecule has 3 heteroatoms. The van der Waals surface area contributed by atoms with Gasteiger partial charge < -0.3 is 0 Å². The summed E-state index contributed by atoms with van der Waals surface area (Å²) in [6.07, 6.45) is 0. The van der Waals surface area contributed by atoms with Gasteiger partial charge >= 0.3 is 5.96 Å². The summed E-state index contributed by atoms with van der Waals surface area (Å²) in [6, 6.07) is 0. The van der Waals surface area contributed by atoms with Crippen LogP contribution in [0.1, 0.15) is 20.8 Å². The highest BCUT2D eigenvalue weighted by Crippen LogP contribution is 1.95. The van der Waals surface area contributed by atoms with E-state index in [4.69, 9.17) is 5.73 Å². The molecule has 0 aromatic carbocycles. The maximum Gasteiger partial charge on any atom is 0.341 e. The summed E-state index contributed by atoms with van der Waals surface area (Å²) in [5.74, 6) is 0.613. The van der Waals surface area contributed by atoms with Crippen LogP contribution in [0.3, 0.4) is 0 Å². The first-order chi connectivity index (χ1) is 3.95. The fourth-order valence-electron chi connectivity index (χ4n) is 0.467. The van der Waals surface area contributed by atoms with E-state index in [1.807, 2.05) is 0 Å². The molecule has 0 unspecified atom stereocenters. The van der Waals surface area contributed by atoms with E-state index in [1.54, 1.807) is 7.05 Å². The van der Waals surface area contributed by atoms with Crippen molar-refractivity contribution in [2.45, 2.75) is 26.3 Å². The standard InChI is InChI=1S/C6H15N3/c1-6(2,3)9-5(7)8-4/h1-4H3,(H3,7,8,9)/p+1. The normalized spacial score (nSPS) is 13.6. The zero-order chi connectivity index (χ0) is 7.49. The van der Waals surface area contributed by atoms with E-state index in [0.717, 1.165) is 0 Å². The molecule has 0 saturated heterocycles. The van der Waals surface area contributed by atoms with Crippen LogP contribution in [0.4, 0.5) is 0 Å². The average Bonchev–Trinajstić information content (AvgIpc) is 1.62. The third kappa shape index (κ3) is 5.14. The van der Waals surface area contributed by atoms with Gasteiger partial charge in [0, 0.05) is 0 Å². The minimum atomic E-state index is 0.0487. The van der Waals surface area contributed by atoms with Crippen LogP contribution in [0.2, 0.25) is 0 Å². The second-order valence-electron chi connectivity index (χ2n) is 3.04. The van der Waals surface area contributed by atoms with Gasteiger partial charge in [-0.1, -0.05) is 0 Å². The average molecular weight is 130 g/mol. The lowest BCUT2D eigenvalue weighted by atomic mass is 10.1. The summed E-state index contributed by atoms with van der Waals surface area (Å²) in [5, 5.41) is 3.05. The summed E-state index contributed by atoms with van der Waals surface area (Å²) >= 11 is 0. The number of hydrogen-bond donors (Lipinski definition) is 3. The minimum absolute atomic E-state index is 0.0487. The minimum Gasteiger partial charge on any atom is -0.291 e. The zero-order valence-electron chi connectivity index (χ0n) is 6.58. The number of hydrogen-bond acceptors (Lipinski definition) is 0. The lowest BCUT2D eigenvalue weighted by Gasteiger charge is -2.14. The van der Waals surface area contributed by atoms with Gasteiger partial charge in [-0.25, -0.2) is 0 Å². The first kappa shape index (κ1) is 8.27. The molecule has 3 nitrogen and oxygen atoms in total. The van der Waals surface area contributed by atoms with Gasteiger partial charge in [0.15, 0.2) is 0 Å². The predicted octanol–water partition coefficient (Wildman–Crippen LogP) is -1.60. The molecule has 0 radical (unpaired) electrons.